The van der Waals surface area contributed by atoms with Crippen LogP contribution < -0.4 is 20.9 Å². The molecule has 1 unspecified atom stereocenters. The van der Waals surface area contributed by atoms with Crippen LogP contribution in [0.5, 0.6) is 5.75 Å². The van der Waals surface area contributed by atoms with Crippen LogP contribution in [0.2, 0.25) is 0 Å². The van der Waals surface area contributed by atoms with Gasteiger partial charge in [-0.2, -0.15) is 10.1 Å². The van der Waals surface area contributed by atoms with E-state index >= 15 is 0 Å². The zero-order valence-electron chi connectivity index (χ0n) is 20.4. The number of carbonyl (C=O) groups is 1. The van der Waals surface area contributed by atoms with Gasteiger partial charge >= 0.3 is 13.7 Å². The fourth-order valence-electron chi connectivity index (χ4n) is 3.70. The Morgan fingerprint density at radius 2 is 2.08 bits per heavy atom. The van der Waals surface area contributed by atoms with Crippen LogP contribution in [-0.2, 0) is 23.4 Å². The normalized spacial score (nSPS) is 22.1. The number of carbonyl (C=O) groups excluding carboxylic acids is 1. The summed E-state index contributed by atoms with van der Waals surface area (Å²) >= 11 is 0. The minimum absolute atomic E-state index is 0.0687. The molecule has 3 heterocycles. The fourth-order valence-corrected chi connectivity index (χ4v) is 5.20. The molecule has 0 radical (unpaired) electrons. The third-order valence-electron chi connectivity index (χ3n) is 5.40. The predicted octanol–water partition coefficient (Wildman–Crippen LogP) is 1.48. The highest BCUT2D eigenvalue weighted by Crippen LogP contribution is 2.46. The Balaban J connectivity index is 1.48. The lowest BCUT2D eigenvalue weighted by atomic mass is 10.2. The molecule has 14 nitrogen and oxygen atoms in total. The van der Waals surface area contributed by atoms with Gasteiger partial charge < -0.3 is 24.8 Å². The standard InChI is InChI=1S/C22H29N6O8P/c1-12(2)34-21(31)13(3)27-37(32,36-14-7-5-4-6-8-14)33-10-16-15(29)9-17(35-16)28-11-24-18-19(28)25-22(23)26-20(18)30/h4-8,11-13,15-17,29H,9-10H2,1-3H3,(H,27,32)(H3,23,25,26,30)/t13-,15+,16+,17+,37?/m0/s1. The molecule has 200 valence electrons. The van der Waals surface area contributed by atoms with Crippen molar-refractivity contribution < 1.29 is 33.0 Å². The number of hydrogen-bond acceptors (Lipinski definition) is 11. The van der Waals surface area contributed by atoms with Gasteiger partial charge in [-0.1, -0.05) is 18.2 Å². The first-order chi connectivity index (χ1) is 17.5. The number of H-pyrrole nitrogens is 1. The number of esters is 1. The second kappa shape index (κ2) is 11.0. The SMILES string of the molecule is CC(C)OC(=O)[C@H](C)NP(=O)(OC[C@H]1O[C@@H](n2cnc3c(=O)[nH]c(N)nc32)C[C@H]1O)Oc1ccccc1. The van der Waals surface area contributed by atoms with Crippen LogP contribution in [0.15, 0.2) is 41.5 Å². The van der Waals surface area contributed by atoms with E-state index in [4.69, 9.17) is 24.3 Å². The summed E-state index contributed by atoms with van der Waals surface area (Å²) in [7, 11) is -4.14. The van der Waals surface area contributed by atoms with E-state index in [9.17, 15) is 19.3 Å². The molecule has 0 aliphatic carbocycles. The molecule has 15 heteroatoms. The highest BCUT2D eigenvalue weighted by Gasteiger charge is 2.40. The van der Waals surface area contributed by atoms with E-state index in [0.29, 0.717) is 0 Å². The van der Waals surface area contributed by atoms with Crippen LogP contribution in [0.25, 0.3) is 11.2 Å². The van der Waals surface area contributed by atoms with Crippen LogP contribution in [-0.4, -0.2) is 61.6 Å². The summed E-state index contributed by atoms with van der Waals surface area (Å²) in [6, 6.07) is 7.27. The number of benzene rings is 1. The summed E-state index contributed by atoms with van der Waals surface area (Å²) in [5.74, 6) is -0.485. The summed E-state index contributed by atoms with van der Waals surface area (Å²) in [5, 5.41) is 13.2. The van der Waals surface area contributed by atoms with Gasteiger partial charge in [0.15, 0.2) is 11.2 Å². The van der Waals surface area contributed by atoms with Crippen molar-refractivity contribution in [1.29, 1.82) is 0 Å². The number of aliphatic hydroxyl groups is 1. The van der Waals surface area contributed by atoms with Gasteiger partial charge in [0.1, 0.15) is 24.1 Å². The minimum atomic E-state index is -4.14. The first-order valence-electron chi connectivity index (χ1n) is 11.6. The average molecular weight is 536 g/mol. The van der Waals surface area contributed by atoms with E-state index in [1.807, 2.05) is 0 Å². The average Bonchev–Trinajstić information content (AvgIpc) is 3.41. The number of fused-ring (bicyclic) bond motifs is 1. The summed E-state index contributed by atoms with van der Waals surface area (Å²) in [6.45, 7) is 4.51. The van der Waals surface area contributed by atoms with Gasteiger partial charge in [-0.25, -0.2) is 9.55 Å². The Bertz CT molecular complexity index is 1350. The van der Waals surface area contributed by atoms with Gasteiger partial charge in [-0.15, -0.1) is 0 Å². The van der Waals surface area contributed by atoms with Crippen molar-refractivity contribution in [2.24, 2.45) is 0 Å². The van der Waals surface area contributed by atoms with Crippen molar-refractivity contribution >= 4 is 30.8 Å². The Labute approximate surface area is 211 Å². The molecule has 0 spiro atoms. The largest absolute Gasteiger partial charge is 0.462 e. The quantitative estimate of drug-likeness (QED) is 0.216. The maximum atomic E-state index is 13.6. The lowest BCUT2D eigenvalue weighted by Crippen LogP contribution is -2.37. The molecular weight excluding hydrogens is 507 g/mol. The molecule has 4 rings (SSSR count). The summed E-state index contributed by atoms with van der Waals surface area (Å²) in [4.78, 5) is 34.9. The van der Waals surface area contributed by atoms with Crippen molar-refractivity contribution in [3.63, 3.8) is 0 Å². The molecule has 2 aromatic heterocycles. The van der Waals surface area contributed by atoms with Crippen LogP contribution in [0.4, 0.5) is 5.95 Å². The van der Waals surface area contributed by atoms with E-state index in [1.54, 1.807) is 44.2 Å². The van der Waals surface area contributed by atoms with Gasteiger partial charge in [0.05, 0.1) is 25.1 Å². The van der Waals surface area contributed by atoms with E-state index in [-0.39, 0.29) is 42.0 Å². The summed E-state index contributed by atoms with van der Waals surface area (Å²) in [5.41, 5.74) is 5.41. The van der Waals surface area contributed by atoms with Crippen molar-refractivity contribution in [3.8, 4) is 5.75 Å². The predicted molar refractivity (Wildman–Crippen MR) is 132 cm³/mol. The molecule has 37 heavy (non-hydrogen) atoms. The second-order valence-electron chi connectivity index (χ2n) is 8.74. The number of anilines is 1. The number of hydrogen-bond donors (Lipinski definition) is 4. The first-order valence-corrected chi connectivity index (χ1v) is 13.1. The Kier molecular flexibility index (Phi) is 7.95. The molecule has 0 bridgehead atoms. The third kappa shape index (κ3) is 6.35. The van der Waals surface area contributed by atoms with Crippen LogP contribution in [0.1, 0.15) is 33.4 Å². The number of aromatic amines is 1. The molecule has 1 fully saturated rings. The molecule has 1 saturated heterocycles. The number of ether oxygens (including phenoxy) is 2. The number of nitrogen functional groups attached to an aromatic ring is 1. The number of imidazole rings is 1. The van der Waals surface area contributed by atoms with Gasteiger partial charge in [0.25, 0.3) is 5.56 Å². The first kappa shape index (κ1) is 26.8. The number of nitrogens with two attached hydrogens (primary N) is 1. The highest BCUT2D eigenvalue weighted by atomic mass is 31.2. The molecule has 5 N–H and O–H groups in total. The van der Waals surface area contributed by atoms with Gasteiger partial charge in [0, 0.05) is 6.42 Å². The van der Waals surface area contributed by atoms with Crippen molar-refractivity contribution in [2.45, 2.75) is 57.8 Å². The summed E-state index contributed by atoms with van der Waals surface area (Å²) in [6.07, 6.45) is -1.58. The molecule has 5 atom stereocenters. The molecule has 3 aromatic rings. The number of aromatic nitrogens is 4. The highest BCUT2D eigenvalue weighted by molar-refractivity contribution is 7.52. The van der Waals surface area contributed by atoms with E-state index < -0.39 is 43.8 Å². The van der Waals surface area contributed by atoms with E-state index in [2.05, 4.69) is 20.0 Å². The maximum absolute atomic E-state index is 13.6. The van der Waals surface area contributed by atoms with E-state index in [1.165, 1.54) is 17.8 Å². The van der Waals surface area contributed by atoms with Crippen LogP contribution >= 0.6 is 7.75 Å². The van der Waals surface area contributed by atoms with Gasteiger partial charge in [-0.3, -0.25) is 23.7 Å². The molecule has 1 aromatic carbocycles. The lowest BCUT2D eigenvalue weighted by molar-refractivity contribution is -0.149. The van der Waals surface area contributed by atoms with Crippen LogP contribution in [0.3, 0.4) is 0 Å². The Morgan fingerprint density at radius 1 is 1.35 bits per heavy atom. The number of aliphatic hydroxyl groups excluding tert-OH is 1. The van der Waals surface area contributed by atoms with Crippen molar-refractivity contribution in [2.75, 3.05) is 12.3 Å². The Morgan fingerprint density at radius 3 is 2.78 bits per heavy atom. The number of nitrogens with one attached hydrogen (secondary N) is 2. The molecule has 0 amide bonds. The number of nitrogens with zero attached hydrogens (tertiary/aromatic N) is 3. The minimum Gasteiger partial charge on any atom is -0.462 e. The van der Waals surface area contributed by atoms with Gasteiger partial charge in [-0.05, 0) is 32.9 Å². The zero-order chi connectivity index (χ0) is 26.7. The third-order valence-corrected chi connectivity index (χ3v) is 7.04. The molecule has 1 aliphatic rings. The zero-order valence-corrected chi connectivity index (χ0v) is 21.3. The molecule has 1 aliphatic heterocycles. The number of rotatable bonds is 10. The van der Waals surface area contributed by atoms with Crippen molar-refractivity contribution in [3.05, 3.63) is 47.0 Å². The monoisotopic (exact) mass is 536 g/mol. The lowest BCUT2D eigenvalue weighted by Gasteiger charge is -2.25. The maximum Gasteiger partial charge on any atom is 0.459 e. The van der Waals surface area contributed by atoms with Gasteiger partial charge in [0.2, 0.25) is 5.95 Å². The van der Waals surface area contributed by atoms with Crippen LogP contribution in [0, 0.1) is 0 Å². The summed E-state index contributed by atoms with van der Waals surface area (Å²) < 4.78 is 37.4. The Hall–Kier alpha value is -3.29. The molecule has 0 saturated carbocycles. The smallest absolute Gasteiger partial charge is 0.459 e. The second-order valence-corrected chi connectivity index (χ2v) is 10.4. The molecular formula is C22H29N6O8P. The van der Waals surface area contributed by atoms with E-state index in [0.717, 1.165) is 0 Å². The van der Waals surface area contributed by atoms with Crippen molar-refractivity contribution in [1.82, 2.24) is 24.6 Å². The number of para-hydroxylation sites is 1. The topological polar surface area (TPSA) is 193 Å². The fraction of sp³-hybridized carbons (Fsp3) is 0.455.